The Hall–Kier alpha value is -4.83. The highest BCUT2D eigenvalue weighted by atomic mass is 16.7. The van der Waals surface area contributed by atoms with Gasteiger partial charge in [-0.15, -0.1) is 0 Å². The second-order valence-electron chi connectivity index (χ2n) is 7.66. The number of aliphatic hydroxyl groups is 1. The minimum Gasteiger partial charge on any atom is -0.450 e. The lowest BCUT2D eigenvalue weighted by Crippen LogP contribution is -2.25. The summed E-state index contributed by atoms with van der Waals surface area (Å²) < 4.78 is 5.61. The predicted molar refractivity (Wildman–Crippen MR) is 126 cm³/mol. The maximum Gasteiger partial charge on any atom is 0.369 e. The van der Waals surface area contributed by atoms with Crippen LogP contribution in [-0.4, -0.2) is 27.6 Å². The highest BCUT2D eigenvalue weighted by Gasteiger charge is 2.32. The highest BCUT2D eigenvalue weighted by molar-refractivity contribution is 6.23. The van der Waals surface area contributed by atoms with Crippen molar-refractivity contribution in [3.8, 4) is 11.5 Å². The van der Waals surface area contributed by atoms with Gasteiger partial charge in [0.25, 0.3) is 0 Å². The highest BCUT2D eigenvalue weighted by Crippen LogP contribution is 2.32. The molecule has 0 amide bonds. The average Bonchev–Trinajstić information content (AvgIpc) is 2.86. The van der Waals surface area contributed by atoms with Crippen LogP contribution in [0.1, 0.15) is 28.4 Å². The minimum absolute atomic E-state index is 0.0816. The number of nitrogens with zero attached hydrogens (tertiary/aromatic N) is 2. The van der Waals surface area contributed by atoms with Gasteiger partial charge in [-0.25, -0.2) is 4.79 Å². The number of amidine groups is 1. The molecule has 176 valence electrons. The molecule has 3 aromatic rings. The smallest absolute Gasteiger partial charge is 0.369 e. The van der Waals surface area contributed by atoms with E-state index in [2.05, 4.69) is 5.16 Å². The maximum absolute atomic E-state index is 12.4. The molecule has 3 N–H and O–H groups in total. The van der Waals surface area contributed by atoms with Crippen molar-refractivity contribution in [3.63, 3.8) is 0 Å². The van der Waals surface area contributed by atoms with Crippen molar-refractivity contribution >= 4 is 29.4 Å². The molecule has 0 aliphatic heterocycles. The Morgan fingerprint density at radius 3 is 2.54 bits per heavy atom. The number of oxime groups is 1. The molecule has 1 atom stereocenters. The Morgan fingerprint density at radius 1 is 1.11 bits per heavy atom. The number of hydrogen-bond donors (Lipinski definition) is 2. The molecule has 0 spiro atoms. The van der Waals surface area contributed by atoms with Crippen molar-refractivity contribution in [3.05, 3.63) is 105 Å². The van der Waals surface area contributed by atoms with E-state index in [1.54, 1.807) is 37.3 Å². The Balaban J connectivity index is 1.46. The quantitative estimate of drug-likeness (QED) is 0.138. The zero-order valence-corrected chi connectivity index (χ0v) is 18.4. The fraction of sp³-hybridized carbons (Fsp3) is 0.0800. The summed E-state index contributed by atoms with van der Waals surface area (Å²) in [7, 11) is 0. The van der Waals surface area contributed by atoms with E-state index in [0.717, 1.165) is 5.56 Å². The number of aryl methyl sites for hydroxylation is 1. The van der Waals surface area contributed by atoms with E-state index in [1.165, 1.54) is 42.5 Å². The number of fused-ring (bicyclic) bond motifs is 1. The third kappa shape index (κ3) is 4.92. The number of ether oxygens (including phenoxy) is 1. The molecule has 0 heterocycles. The molecule has 1 aliphatic rings. The van der Waals surface area contributed by atoms with Crippen LogP contribution in [0.4, 0.5) is 5.69 Å². The predicted octanol–water partition coefficient (Wildman–Crippen LogP) is 3.56. The lowest BCUT2D eigenvalue weighted by Gasteiger charge is -2.18. The van der Waals surface area contributed by atoms with Gasteiger partial charge in [-0.3, -0.25) is 14.9 Å². The molecule has 1 aliphatic carbocycles. The normalized spacial score (nSPS) is 15.1. The van der Waals surface area contributed by atoms with E-state index in [4.69, 9.17) is 15.3 Å². The van der Waals surface area contributed by atoms with Crippen LogP contribution >= 0.6 is 0 Å². The third-order valence-electron chi connectivity index (χ3n) is 5.24. The van der Waals surface area contributed by atoms with Crippen LogP contribution in [0.25, 0.3) is 6.08 Å². The average molecular weight is 473 g/mol. The fourth-order valence-electron chi connectivity index (χ4n) is 3.44. The van der Waals surface area contributed by atoms with Crippen molar-refractivity contribution < 1.29 is 29.2 Å². The Kier molecular flexibility index (Phi) is 6.38. The summed E-state index contributed by atoms with van der Waals surface area (Å²) in [4.78, 5) is 40.3. The van der Waals surface area contributed by atoms with Crippen molar-refractivity contribution in [1.82, 2.24) is 0 Å². The van der Waals surface area contributed by atoms with Gasteiger partial charge in [0.2, 0.25) is 11.5 Å². The minimum atomic E-state index is -1.48. The number of aliphatic hydroxyl groups excluding tert-OH is 1. The number of Topliss-reactive ketones (excluding diaryl/α,β-unsaturated/α-hetero) is 1. The van der Waals surface area contributed by atoms with Crippen molar-refractivity contribution in [2.45, 2.75) is 13.0 Å². The van der Waals surface area contributed by atoms with Crippen LogP contribution in [0.5, 0.6) is 11.5 Å². The van der Waals surface area contributed by atoms with Crippen LogP contribution in [0.3, 0.4) is 0 Å². The molecular formula is C25H19N3O7. The van der Waals surface area contributed by atoms with E-state index in [-0.39, 0.29) is 22.8 Å². The van der Waals surface area contributed by atoms with Gasteiger partial charge in [-0.2, -0.15) is 0 Å². The molecule has 4 rings (SSSR count). The second-order valence-corrected chi connectivity index (χ2v) is 7.66. The van der Waals surface area contributed by atoms with Gasteiger partial charge in [0.1, 0.15) is 17.4 Å². The number of hydrogen-bond acceptors (Lipinski definition) is 8. The number of carbonyl (C=O) groups excluding carboxylic acids is 2. The van der Waals surface area contributed by atoms with E-state index >= 15 is 0 Å². The van der Waals surface area contributed by atoms with E-state index in [9.17, 15) is 24.8 Å². The summed E-state index contributed by atoms with van der Waals surface area (Å²) in [5.41, 5.74) is 7.38. The number of nitro benzene ring substituents is 1. The molecule has 0 saturated heterocycles. The van der Waals surface area contributed by atoms with Gasteiger partial charge in [0.15, 0.2) is 5.84 Å². The van der Waals surface area contributed by atoms with Crippen LogP contribution in [0, 0.1) is 17.0 Å². The topological polar surface area (TPSA) is 154 Å². The summed E-state index contributed by atoms with van der Waals surface area (Å²) in [6.07, 6.45) is -0.147. The van der Waals surface area contributed by atoms with E-state index < -0.39 is 22.8 Å². The SMILES string of the molecule is Cc1ccc(Oc2ccc(/C(N)=N\OC(=O)C3=Cc4ccccc4C(O)C3=O)cc2)c([N+](=O)[O-])c1. The molecule has 35 heavy (non-hydrogen) atoms. The fourth-order valence-corrected chi connectivity index (χ4v) is 3.44. The largest absolute Gasteiger partial charge is 0.450 e. The number of ketones is 1. The molecular weight excluding hydrogens is 454 g/mol. The van der Waals surface area contributed by atoms with Gasteiger partial charge in [0, 0.05) is 11.6 Å². The molecule has 1 unspecified atom stereocenters. The second kappa shape index (κ2) is 9.57. The number of nitrogens with two attached hydrogens (primary N) is 1. The Morgan fingerprint density at radius 2 is 1.83 bits per heavy atom. The molecule has 3 aromatic carbocycles. The molecule has 0 bridgehead atoms. The van der Waals surface area contributed by atoms with Crippen LogP contribution < -0.4 is 10.5 Å². The lowest BCUT2D eigenvalue weighted by molar-refractivity contribution is -0.385. The summed E-state index contributed by atoms with van der Waals surface area (Å²) in [5, 5.41) is 25.0. The van der Waals surface area contributed by atoms with Crippen molar-refractivity contribution in [2.24, 2.45) is 10.9 Å². The molecule has 0 fully saturated rings. The molecule has 10 nitrogen and oxygen atoms in total. The first-order valence-electron chi connectivity index (χ1n) is 10.4. The first kappa shape index (κ1) is 23.3. The number of nitro groups is 1. The van der Waals surface area contributed by atoms with E-state index in [1.807, 2.05) is 0 Å². The molecule has 0 saturated carbocycles. The Labute approximate surface area is 199 Å². The summed E-state index contributed by atoms with van der Waals surface area (Å²) in [5.74, 6) is -1.61. The van der Waals surface area contributed by atoms with Crippen molar-refractivity contribution in [2.75, 3.05) is 0 Å². The lowest BCUT2D eigenvalue weighted by atomic mass is 9.89. The first-order chi connectivity index (χ1) is 16.7. The zero-order chi connectivity index (χ0) is 25.1. The summed E-state index contributed by atoms with van der Waals surface area (Å²) in [6.45, 7) is 1.74. The van der Waals surface area contributed by atoms with E-state index in [0.29, 0.717) is 22.4 Å². The van der Waals surface area contributed by atoms with Gasteiger partial charge < -0.3 is 20.4 Å². The van der Waals surface area contributed by atoms with Gasteiger partial charge in [-0.05, 0) is 60.0 Å². The van der Waals surface area contributed by atoms with Gasteiger partial charge >= 0.3 is 11.7 Å². The van der Waals surface area contributed by atoms with Gasteiger partial charge in [-0.1, -0.05) is 35.5 Å². The van der Waals surface area contributed by atoms with Crippen LogP contribution in [-0.2, 0) is 14.4 Å². The van der Waals surface area contributed by atoms with Gasteiger partial charge in [0.05, 0.1) is 4.92 Å². The summed E-state index contributed by atoms with van der Waals surface area (Å²) in [6, 6.07) is 17.3. The first-order valence-corrected chi connectivity index (χ1v) is 10.4. The van der Waals surface area contributed by atoms with Crippen LogP contribution in [0.2, 0.25) is 0 Å². The molecule has 10 heteroatoms. The Bertz CT molecular complexity index is 1390. The standard InChI is InChI=1S/C25H19N3O7/c1-14-6-11-21(20(12-14)28(32)33)34-17-9-7-15(8-10-17)24(26)27-35-25(31)19-13-16-4-2-3-5-18(16)22(29)23(19)30/h2-13,22,29H,1H3,(H2,26,27). The third-order valence-corrected chi connectivity index (χ3v) is 5.24. The molecule has 0 radical (unpaired) electrons. The summed E-state index contributed by atoms with van der Waals surface area (Å²) >= 11 is 0. The van der Waals surface area contributed by atoms with Crippen LogP contribution in [0.15, 0.2) is 77.5 Å². The molecule has 0 aromatic heterocycles. The maximum atomic E-state index is 12.4. The monoisotopic (exact) mass is 473 g/mol. The zero-order valence-electron chi connectivity index (χ0n) is 18.4. The number of benzene rings is 3. The number of rotatable bonds is 6. The van der Waals surface area contributed by atoms with Crippen molar-refractivity contribution in [1.29, 1.82) is 0 Å². The number of carbonyl (C=O) groups is 2.